The molecule has 312 valence electrons. The van der Waals surface area contributed by atoms with Gasteiger partial charge in [0.1, 0.15) is 0 Å². The van der Waals surface area contributed by atoms with Crippen molar-refractivity contribution in [2.24, 2.45) is 0 Å². The number of fused-ring (bicyclic) bond motifs is 14. The van der Waals surface area contributed by atoms with Gasteiger partial charge in [0, 0.05) is 33.4 Å². The predicted octanol–water partition coefficient (Wildman–Crippen LogP) is 17.1. The highest BCUT2D eigenvalue weighted by Gasteiger charge is 2.51. The zero-order valence-corrected chi connectivity index (χ0v) is 36.6. The molecule has 2 aliphatic carbocycles. The first-order chi connectivity index (χ1) is 33.3. The van der Waals surface area contributed by atoms with Crippen molar-refractivity contribution >= 4 is 49.6 Å². The number of para-hydroxylation sites is 2. The second kappa shape index (κ2) is 14.7. The Bertz CT molecular complexity index is 3810. The van der Waals surface area contributed by atoms with Crippen molar-refractivity contribution in [3.05, 3.63) is 277 Å². The Kier molecular flexibility index (Phi) is 8.23. The topological polar surface area (TPSA) is 8.17 Å². The lowest BCUT2D eigenvalue weighted by atomic mass is 9.70. The van der Waals surface area contributed by atoms with Crippen LogP contribution in [0.5, 0.6) is 0 Å². The van der Waals surface area contributed by atoms with E-state index in [4.69, 9.17) is 0 Å². The first kappa shape index (κ1) is 37.6. The largest absolute Gasteiger partial charge is 0.310 e. The Hall–Kier alpha value is -8.72. The molecule has 0 saturated heterocycles. The van der Waals surface area contributed by atoms with Crippen molar-refractivity contribution in [3.8, 4) is 50.2 Å². The molecule has 1 heterocycles. The highest BCUT2D eigenvalue weighted by Crippen LogP contribution is 2.63. The standard InChI is InChI=1S/C65H42N2/c1-2-18-45(19-3-1)64-50-22-5-4-17-44(50)35-40-63(64)66(47-36-33-43(34-37-47)46-20-16-21-48(41-46)67-61-31-14-9-26-55(61)56-27-10-15-32-62(56)67)49-38-39-54-53-25-8-13-30-59(53)65(60(54)42-49)57-28-11-6-23-51(57)52-24-7-12-29-58(52)65/h1-42H. The summed E-state index contributed by atoms with van der Waals surface area (Å²) in [6.07, 6.45) is 0. The number of aromatic nitrogens is 1. The van der Waals surface area contributed by atoms with Crippen molar-refractivity contribution < 1.29 is 0 Å². The summed E-state index contributed by atoms with van der Waals surface area (Å²) < 4.78 is 2.40. The van der Waals surface area contributed by atoms with Gasteiger partial charge in [-0.15, -0.1) is 0 Å². The zero-order chi connectivity index (χ0) is 44.1. The smallest absolute Gasteiger partial charge is 0.0726 e. The molecule has 2 heteroatoms. The SMILES string of the molecule is c1ccc(-c2c(N(c3ccc(-c4cccc(-n5c6ccccc6c6ccccc65)c4)cc3)c3ccc4c(c3)C3(c5ccccc5-c5ccccc53)c3ccccc3-4)ccc3ccccc23)cc1. The molecule has 2 aliphatic rings. The molecule has 0 radical (unpaired) electrons. The van der Waals surface area contributed by atoms with Crippen LogP contribution in [0.1, 0.15) is 22.3 Å². The average molecular weight is 851 g/mol. The van der Waals surface area contributed by atoms with Crippen molar-refractivity contribution in [3.63, 3.8) is 0 Å². The van der Waals surface area contributed by atoms with Gasteiger partial charge in [0.05, 0.1) is 22.1 Å². The van der Waals surface area contributed by atoms with E-state index in [1.165, 1.54) is 93.8 Å². The van der Waals surface area contributed by atoms with Crippen molar-refractivity contribution in [1.29, 1.82) is 0 Å². The fourth-order valence-electron chi connectivity index (χ4n) is 11.8. The van der Waals surface area contributed by atoms with Crippen LogP contribution in [0, 0.1) is 0 Å². The molecule has 0 N–H and O–H groups in total. The maximum Gasteiger partial charge on any atom is 0.0726 e. The fourth-order valence-corrected chi connectivity index (χ4v) is 11.8. The maximum absolute atomic E-state index is 2.50. The van der Waals surface area contributed by atoms with Gasteiger partial charge in [-0.2, -0.15) is 0 Å². The van der Waals surface area contributed by atoms with Gasteiger partial charge in [0.25, 0.3) is 0 Å². The van der Waals surface area contributed by atoms with Gasteiger partial charge in [0.2, 0.25) is 0 Å². The Balaban J connectivity index is 0.979. The van der Waals surface area contributed by atoms with Crippen molar-refractivity contribution in [2.75, 3.05) is 4.90 Å². The molecule has 0 unspecified atom stereocenters. The van der Waals surface area contributed by atoms with Crippen LogP contribution in [0.2, 0.25) is 0 Å². The van der Waals surface area contributed by atoms with Crippen LogP contribution in [0.4, 0.5) is 17.1 Å². The summed E-state index contributed by atoms with van der Waals surface area (Å²) in [6.45, 7) is 0. The molecule has 12 aromatic rings. The third-order valence-corrected chi connectivity index (χ3v) is 14.6. The highest BCUT2D eigenvalue weighted by molar-refractivity contribution is 6.09. The van der Waals surface area contributed by atoms with E-state index in [2.05, 4.69) is 264 Å². The third-order valence-electron chi connectivity index (χ3n) is 14.6. The number of nitrogens with zero attached hydrogens (tertiary/aromatic N) is 2. The molecule has 0 aliphatic heterocycles. The van der Waals surface area contributed by atoms with E-state index in [0.717, 1.165) is 28.3 Å². The Morgan fingerprint density at radius 1 is 0.313 bits per heavy atom. The van der Waals surface area contributed by atoms with E-state index in [1.807, 2.05) is 0 Å². The molecule has 2 nitrogen and oxygen atoms in total. The number of hydrogen-bond acceptors (Lipinski definition) is 1. The van der Waals surface area contributed by atoms with E-state index in [-0.39, 0.29) is 0 Å². The lowest BCUT2D eigenvalue weighted by Crippen LogP contribution is -2.26. The summed E-state index contributed by atoms with van der Waals surface area (Å²) in [6, 6.07) is 94.4. The van der Waals surface area contributed by atoms with Crippen LogP contribution in [-0.2, 0) is 5.41 Å². The predicted molar refractivity (Wildman–Crippen MR) is 280 cm³/mol. The van der Waals surface area contributed by atoms with E-state index in [1.54, 1.807) is 0 Å². The van der Waals surface area contributed by atoms with Crippen LogP contribution in [-0.4, -0.2) is 4.57 Å². The van der Waals surface area contributed by atoms with Crippen LogP contribution in [0.3, 0.4) is 0 Å². The van der Waals surface area contributed by atoms with Gasteiger partial charge in [0.15, 0.2) is 0 Å². The number of hydrogen-bond donors (Lipinski definition) is 0. The first-order valence-electron chi connectivity index (χ1n) is 23.3. The number of benzene rings is 11. The zero-order valence-electron chi connectivity index (χ0n) is 36.6. The summed E-state index contributed by atoms with van der Waals surface area (Å²) in [4.78, 5) is 2.50. The molecule has 67 heavy (non-hydrogen) atoms. The molecular formula is C65H42N2. The molecule has 0 amide bonds. The van der Waals surface area contributed by atoms with Gasteiger partial charge >= 0.3 is 0 Å². The summed E-state index contributed by atoms with van der Waals surface area (Å²) in [5, 5.41) is 4.96. The highest BCUT2D eigenvalue weighted by atomic mass is 15.1. The Morgan fingerprint density at radius 3 is 1.49 bits per heavy atom. The minimum Gasteiger partial charge on any atom is -0.310 e. The average Bonchev–Trinajstić information content (AvgIpc) is 4.01. The lowest BCUT2D eigenvalue weighted by molar-refractivity contribution is 0.793. The first-order valence-corrected chi connectivity index (χ1v) is 23.3. The van der Waals surface area contributed by atoms with Gasteiger partial charge in [-0.25, -0.2) is 0 Å². The fraction of sp³-hybridized carbons (Fsp3) is 0.0154. The van der Waals surface area contributed by atoms with Gasteiger partial charge in [-0.05, 0) is 127 Å². The molecule has 14 rings (SSSR count). The monoisotopic (exact) mass is 850 g/mol. The summed E-state index contributed by atoms with van der Waals surface area (Å²) in [5.41, 5.74) is 21.7. The summed E-state index contributed by atoms with van der Waals surface area (Å²) in [5.74, 6) is 0. The van der Waals surface area contributed by atoms with Gasteiger partial charge in [-0.1, -0.05) is 200 Å². The van der Waals surface area contributed by atoms with Gasteiger partial charge in [-0.3, -0.25) is 0 Å². The molecule has 0 atom stereocenters. The van der Waals surface area contributed by atoms with Crippen LogP contribution in [0.15, 0.2) is 255 Å². The van der Waals surface area contributed by atoms with E-state index >= 15 is 0 Å². The second-order valence-electron chi connectivity index (χ2n) is 18.0. The molecule has 11 aromatic carbocycles. The maximum atomic E-state index is 2.50. The van der Waals surface area contributed by atoms with E-state index < -0.39 is 5.41 Å². The normalized spacial score (nSPS) is 12.9. The molecule has 1 aromatic heterocycles. The van der Waals surface area contributed by atoms with Crippen LogP contribution >= 0.6 is 0 Å². The number of anilines is 3. The summed E-state index contributed by atoms with van der Waals surface area (Å²) >= 11 is 0. The van der Waals surface area contributed by atoms with E-state index in [9.17, 15) is 0 Å². The quantitative estimate of drug-likeness (QED) is 0.162. The molecule has 0 fully saturated rings. The molecule has 1 spiro atoms. The van der Waals surface area contributed by atoms with Crippen LogP contribution in [0.25, 0.3) is 82.8 Å². The van der Waals surface area contributed by atoms with E-state index in [0.29, 0.717) is 0 Å². The molecular weight excluding hydrogens is 809 g/mol. The number of rotatable bonds is 6. The van der Waals surface area contributed by atoms with Gasteiger partial charge < -0.3 is 9.47 Å². The van der Waals surface area contributed by atoms with Crippen LogP contribution < -0.4 is 4.90 Å². The Morgan fingerprint density at radius 2 is 0.836 bits per heavy atom. The molecule has 0 saturated carbocycles. The van der Waals surface area contributed by atoms with Crippen molar-refractivity contribution in [1.82, 2.24) is 4.57 Å². The minimum atomic E-state index is -0.461. The third kappa shape index (κ3) is 5.45. The lowest BCUT2D eigenvalue weighted by Gasteiger charge is -2.33. The minimum absolute atomic E-state index is 0.461. The molecule has 0 bridgehead atoms. The Labute approximate surface area is 389 Å². The van der Waals surface area contributed by atoms with Crippen molar-refractivity contribution in [2.45, 2.75) is 5.41 Å². The second-order valence-corrected chi connectivity index (χ2v) is 18.0. The summed E-state index contributed by atoms with van der Waals surface area (Å²) in [7, 11) is 0.